The summed E-state index contributed by atoms with van der Waals surface area (Å²) in [6, 6.07) is 6.08. The first-order valence-electron chi connectivity index (χ1n) is 7.55. The monoisotopic (exact) mass is 285 g/mol. The predicted molar refractivity (Wildman–Crippen MR) is 79.5 cm³/mol. The van der Waals surface area contributed by atoms with Crippen LogP contribution in [0.1, 0.15) is 18.4 Å². The Morgan fingerprint density at radius 1 is 1.10 bits per heavy atom. The molecule has 5 heteroatoms. The van der Waals surface area contributed by atoms with E-state index in [-0.39, 0.29) is 0 Å². The Hall–Kier alpha value is -2.01. The van der Waals surface area contributed by atoms with E-state index in [9.17, 15) is 0 Å². The molecule has 0 aliphatic carbocycles. The number of nitrogens with zero attached hydrogens (tertiary/aromatic N) is 2. The lowest BCUT2D eigenvalue weighted by molar-refractivity contribution is 0.171. The number of ether oxygens (including phenoxy) is 2. The van der Waals surface area contributed by atoms with Crippen LogP contribution in [0.15, 0.2) is 24.4 Å². The second-order valence-electron chi connectivity index (χ2n) is 5.61. The molecule has 1 aromatic carbocycles. The van der Waals surface area contributed by atoms with E-state index in [0.717, 1.165) is 29.3 Å². The zero-order valence-electron chi connectivity index (χ0n) is 12.0. The number of likely N-dealkylation sites (tertiary alicyclic amines) is 1. The highest BCUT2D eigenvalue weighted by Crippen LogP contribution is 2.35. The largest absolute Gasteiger partial charge is 0.486 e. The molecule has 0 amide bonds. The van der Waals surface area contributed by atoms with E-state index in [1.807, 2.05) is 18.3 Å². The van der Waals surface area contributed by atoms with Crippen LogP contribution in [0.25, 0.3) is 11.3 Å². The van der Waals surface area contributed by atoms with Crippen molar-refractivity contribution in [2.45, 2.75) is 19.4 Å². The average molecular weight is 285 g/mol. The molecule has 110 valence electrons. The molecule has 1 aromatic heterocycles. The van der Waals surface area contributed by atoms with Crippen LogP contribution in [0.2, 0.25) is 0 Å². The van der Waals surface area contributed by atoms with Gasteiger partial charge in [0, 0.05) is 17.7 Å². The summed E-state index contributed by atoms with van der Waals surface area (Å²) in [6.07, 6.45) is 4.54. The summed E-state index contributed by atoms with van der Waals surface area (Å²) in [6.45, 7) is 4.56. The summed E-state index contributed by atoms with van der Waals surface area (Å²) in [5.74, 6) is 1.64. The molecule has 0 saturated carbocycles. The van der Waals surface area contributed by atoms with Gasteiger partial charge in [0.25, 0.3) is 0 Å². The molecule has 0 spiro atoms. The van der Waals surface area contributed by atoms with E-state index < -0.39 is 0 Å². The summed E-state index contributed by atoms with van der Waals surface area (Å²) < 4.78 is 11.2. The van der Waals surface area contributed by atoms with Gasteiger partial charge in [0.15, 0.2) is 11.5 Å². The highest BCUT2D eigenvalue weighted by Gasteiger charge is 2.18. The summed E-state index contributed by atoms with van der Waals surface area (Å²) in [7, 11) is 0. The molecule has 2 aliphatic heterocycles. The van der Waals surface area contributed by atoms with Crippen molar-refractivity contribution in [1.82, 2.24) is 15.1 Å². The number of hydrogen-bond donors (Lipinski definition) is 1. The second-order valence-corrected chi connectivity index (χ2v) is 5.61. The van der Waals surface area contributed by atoms with Crippen LogP contribution in [0, 0.1) is 0 Å². The standard InChI is InChI=1S/C16H19N3O2/c1-2-6-19(5-1)11-13-10-17-18-16(13)12-3-4-14-15(9-12)21-8-7-20-14/h3-4,9-10H,1-2,5-8,11H2,(H,17,18). The average Bonchev–Trinajstić information content (AvgIpc) is 3.19. The van der Waals surface area contributed by atoms with Crippen LogP contribution in [0.3, 0.4) is 0 Å². The third-order valence-electron chi connectivity index (χ3n) is 4.14. The van der Waals surface area contributed by atoms with Gasteiger partial charge < -0.3 is 9.47 Å². The van der Waals surface area contributed by atoms with Crippen molar-refractivity contribution in [3.05, 3.63) is 30.0 Å². The summed E-state index contributed by atoms with van der Waals surface area (Å²) in [5, 5.41) is 7.36. The van der Waals surface area contributed by atoms with Gasteiger partial charge in [-0.25, -0.2) is 0 Å². The van der Waals surface area contributed by atoms with Crippen molar-refractivity contribution in [3.8, 4) is 22.8 Å². The predicted octanol–water partition coefficient (Wildman–Crippen LogP) is 2.44. The number of benzene rings is 1. The maximum absolute atomic E-state index is 5.67. The topological polar surface area (TPSA) is 50.4 Å². The van der Waals surface area contributed by atoms with Crippen LogP contribution in [-0.2, 0) is 6.54 Å². The van der Waals surface area contributed by atoms with E-state index in [4.69, 9.17) is 9.47 Å². The third-order valence-corrected chi connectivity index (χ3v) is 4.14. The highest BCUT2D eigenvalue weighted by atomic mass is 16.6. The molecular formula is C16H19N3O2. The lowest BCUT2D eigenvalue weighted by Crippen LogP contribution is -2.18. The van der Waals surface area contributed by atoms with Crippen molar-refractivity contribution >= 4 is 0 Å². The first-order chi connectivity index (χ1) is 10.4. The van der Waals surface area contributed by atoms with E-state index in [0.29, 0.717) is 13.2 Å². The minimum atomic E-state index is 0.611. The minimum absolute atomic E-state index is 0.611. The molecule has 0 unspecified atom stereocenters. The van der Waals surface area contributed by atoms with Gasteiger partial charge in [-0.15, -0.1) is 0 Å². The van der Waals surface area contributed by atoms with Crippen molar-refractivity contribution in [2.75, 3.05) is 26.3 Å². The number of hydrogen-bond acceptors (Lipinski definition) is 4. The third kappa shape index (κ3) is 2.49. The molecule has 1 N–H and O–H groups in total. The molecule has 21 heavy (non-hydrogen) atoms. The van der Waals surface area contributed by atoms with Gasteiger partial charge in [0.1, 0.15) is 13.2 Å². The Labute approximate surface area is 123 Å². The van der Waals surface area contributed by atoms with E-state index in [1.54, 1.807) is 0 Å². The summed E-state index contributed by atoms with van der Waals surface area (Å²) >= 11 is 0. The van der Waals surface area contributed by atoms with Crippen molar-refractivity contribution in [1.29, 1.82) is 0 Å². The minimum Gasteiger partial charge on any atom is -0.486 e. The second kappa shape index (κ2) is 5.41. The maximum atomic E-state index is 5.67. The molecule has 1 saturated heterocycles. The quantitative estimate of drug-likeness (QED) is 0.941. The van der Waals surface area contributed by atoms with Gasteiger partial charge in [-0.3, -0.25) is 10.00 Å². The molecule has 2 aromatic rings. The van der Waals surface area contributed by atoms with Gasteiger partial charge in [-0.1, -0.05) is 0 Å². The zero-order chi connectivity index (χ0) is 14.1. The van der Waals surface area contributed by atoms with Gasteiger partial charge in [0.05, 0.1) is 11.9 Å². The van der Waals surface area contributed by atoms with E-state index in [1.165, 1.54) is 31.5 Å². The fourth-order valence-electron chi connectivity index (χ4n) is 3.06. The Bertz CT molecular complexity index is 632. The number of fused-ring (bicyclic) bond motifs is 1. The van der Waals surface area contributed by atoms with Crippen LogP contribution in [-0.4, -0.2) is 41.4 Å². The lowest BCUT2D eigenvalue weighted by Gasteiger charge is -2.19. The zero-order valence-corrected chi connectivity index (χ0v) is 12.0. The summed E-state index contributed by atoms with van der Waals surface area (Å²) in [4.78, 5) is 2.48. The molecule has 0 bridgehead atoms. The smallest absolute Gasteiger partial charge is 0.162 e. The Morgan fingerprint density at radius 3 is 2.76 bits per heavy atom. The molecule has 4 rings (SSSR count). The SMILES string of the molecule is c1cc2c(cc1-c1[nH]ncc1CN1CCCC1)OCCO2. The number of aromatic amines is 1. The normalized spacial score (nSPS) is 18.1. The van der Waals surface area contributed by atoms with Gasteiger partial charge in [-0.05, 0) is 44.1 Å². The van der Waals surface area contributed by atoms with Crippen LogP contribution < -0.4 is 9.47 Å². The first-order valence-corrected chi connectivity index (χ1v) is 7.55. The number of nitrogens with one attached hydrogen (secondary N) is 1. The van der Waals surface area contributed by atoms with Crippen molar-refractivity contribution in [2.24, 2.45) is 0 Å². The van der Waals surface area contributed by atoms with E-state index in [2.05, 4.69) is 21.2 Å². The van der Waals surface area contributed by atoms with Crippen LogP contribution in [0.4, 0.5) is 0 Å². The van der Waals surface area contributed by atoms with Crippen LogP contribution >= 0.6 is 0 Å². The molecular weight excluding hydrogens is 266 g/mol. The number of H-pyrrole nitrogens is 1. The Balaban J connectivity index is 1.62. The van der Waals surface area contributed by atoms with Crippen molar-refractivity contribution in [3.63, 3.8) is 0 Å². The van der Waals surface area contributed by atoms with Crippen LogP contribution in [0.5, 0.6) is 11.5 Å². The van der Waals surface area contributed by atoms with Gasteiger partial charge in [-0.2, -0.15) is 5.10 Å². The van der Waals surface area contributed by atoms with Gasteiger partial charge >= 0.3 is 0 Å². The molecule has 1 fully saturated rings. The fraction of sp³-hybridized carbons (Fsp3) is 0.438. The van der Waals surface area contributed by atoms with Crippen molar-refractivity contribution < 1.29 is 9.47 Å². The maximum Gasteiger partial charge on any atom is 0.162 e. The lowest BCUT2D eigenvalue weighted by atomic mass is 10.1. The Morgan fingerprint density at radius 2 is 1.90 bits per heavy atom. The Kier molecular flexibility index (Phi) is 3.27. The molecule has 3 heterocycles. The summed E-state index contributed by atoms with van der Waals surface area (Å²) in [5.41, 5.74) is 3.43. The molecule has 0 atom stereocenters. The fourth-order valence-corrected chi connectivity index (χ4v) is 3.06. The van der Waals surface area contributed by atoms with Gasteiger partial charge in [0.2, 0.25) is 0 Å². The first kappa shape index (κ1) is 12.7. The molecule has 2 aliphatic rings. The number of aromatic nitrogens is 2. The highest BCUT2D eigenvalue weighted by molar-refractivity contribution is 5.66. The number of rotatable bonds is 3. The molecule has 0 radical (unpaired) electrons. The molecule has 5 nitrogen and oxygen atoms in total. The van der Waals surface area contributed by atoms with E-state index >= 15 is 0 Å².